The number of nitrogens with one attached hydrogen (secondary N) is 2. The van der Waals surface area contributed by atoms with E-state index in [1.807, 2.05) is 18.2 Å². The van der Waals surface area contributed by atoms with E-state index in [9.17, 15) is 5.11 Å². The molecular weight excluding hydrogens is 354 g/mol. The van der Waals surface area contributed by atoms with Gasteiger partial charge in [-0.1, -0.05) is 33.6 Å². The fourth-order valence-electron chi connectivity index (χ4n) is 2.19. The molecule has 0 amide bonds. The Balaban J connectivity index is 1.98. The minimum atomic E-state index is -0.0592. The van der Waals surface area contributed by atoms with Gasteiger partial charge in [0, 0.05) is 32.0 Å². The summed E-state index contributed by atoms with van der Waals surface area (Å²) in [6.07, 6.45) is 0. The van der Waals surface area contributed by atoms with Gasteiger partial charge in [0.05, 0.1) is 6.61 Å². The van der Waals surface area contributed by atoms with Crippen molar-refractivity contribution in [1.82, 2.24) is 0 Å². The van der Waals surface area contributed by atoms with Gasteiger partial charge in [-0.2, -0.15) is 0 Å². The molecule has 0 unspecified atom stereocenters. The summed E-state index contributed by atoms with van der Waals surface area (Å²) >= 11 is 9.51. The van der Waals surface area contributed by atoms with Crippen LogP contribution in [0.15, 0.2) is 45.9 Å². The van der Waals surface area contributed by atoms with Crippen LogP contribution in [0.1, 0.15) is 11.1 Å². The SMILES string of the molecule is OCc1ccc(Cl)cc1NC1=NCNc2ccc(Br)cc21. The minimum Gasteiger partial charge on any atom is -0.392 e. The van der Waals surface area contributed by atoms with Crippen molar-refractivity contribution in [2.75, 3.05) is 17.3 Å². The first kappa shape index (κ1) is 14.4. The van der Waals surface area contributed by atoms with Gasteiger partial charge in [0.2, 0.25) is 0 Å². The number of halogens is 2. The lowest BCUT2D eigenvalue weighted by atomic mass is 10.1. The monoisotopic (exact) mass is 365 g/mol. The third kappa shape index (κ3) is 3.05. The van der Waals surface area contributed by atoms with E-state index >= 15 is 0 Å². The topological polar surface area (TPSA) is 56.6 Å². The van der Waals surface area contributed by atoms with E-state index in [4.69, 9.17) is 11.6 Å². The quantitative estimate of drug-likeness (QED) is 0.757. The van der Waals surface area contributed by atoms with Crippen molar-refractivity contribution in [1.29, 1.82) is 0 Å². The first-order chi connectivity index (χ1) is 10.2. The summed E-state index contributed by atoms with van der Waals surface area (Å²) in [4.78, 5) is 4.46. The zero-order valence-corrected chi connectivity index (χ0v) is 13.4. The van der Waals surface area contributed by atoms with Crippen LogP contribution in [0.5, 0.6) is 0 Å². The van der Waals surface area contributed by atoms with Crippen molar-refractivity contribution >= 4 is 44.7 Å². The predicted molar refractivity (Wildman–Crippen MR) is 90.2 cm³/mol. The Kier molecular flexibility index (Phi) is 4.14. The predicted octanol–water partition coefficient (Wildman–Crippen LogP) is 3.84. The summed E-state index contributed by atoms with van der Waals surface area (Å²) in [6, 6.07) is 11.3. The molecule has 2 aromatic carbocycles. The second-order valence-corrected chi connectivity index (χ2v) is 5.97. The smallest absolute Gasteiger partial charge is 0.136 e. The molecule has 0 spiro atoms. The van der Waals surface area contributed by atoms with Gasteiger partial charge in [0.25, 0.3) is 0 Å². The summed E-state index contributed by atoms with van der Waals surface area (Å²) < 4.78 is 0.980. The number of aliphatic hydroxyl groups excluding tert-OH is 1. The standard InChI is InChI=1S/C15H13BrClN3O/c16-10-2-4-13-12(5-10)15(19-8-18-13)20-14-6-11(17)3-1-9(14)7-21/h1-6,18,21H,7-8H2,(H,19,20). The van der Waals surface area contributed by atoms with Crippen molar-refractivity contribution in [3.05, 3.63) is 57.0 Å². The van der Waals surface area contributed by atoms with E-state index in [1.54, 1.807) is 18.2 Å². The van der Waals surface area contributed by atoms with E-state index in [1.165, 1.54) is 0 Å². The van der Waals surface area contributed by atoms with Gasteiger partial charge in [-0.3, -0.25) is 0 Å². The number of benzene rings is 2. The molecule has 1 aliphatic heterocycles. The molecule has 3 N–H and O–H groups in total. The molecule has 0 aromatic heterocycles. The second kappa shape index (κ2) is 6.05. The van der Waals surface area contributed by atoms with Gasteiger partial charge in [-0.15, -0.1) is 0 Å². The van der Waals surface area contributed by atoms with Crippen LogP contribution >= 0.6 is 27.5 Å². The molecule has 0 atom stereocenters. The minimum absolute atomic E-state index is 0.0592. The lowest BCUT2D eigenvalue weighted by Gasteiger charge is -2.21. The van der Waals surface area contributed by atoms with Crippen LogP contribution in [0, 0.1) is 0 Å². The molecule has 1 aliphatic rings. The molecule has 0 aliphatic carbocycles. The largest absolute Gasteiger partial charge is 0.392 e. The number of fused-ring (bicyclic) bond motifs is 1. The van der Waals surface area contributed by atoms with E-state index < -0.39 is 0 Å². The molecule has 108 valence electrons. The third-order valence-electron chi connectivity index (χ3n) is 3.24. The van der Waals surface area contributed by atoms with E-state index in [-0.39, 0.29) is 6.61 Å². The molecule has 0 radical (unpaired) electrons. The van der Waals surface area contributed by atoms with E-state index in [2.05, 4.69) is 31.6 Å². The van der Waals surface area contributed by atoms with Gasteiger partial charge in [-0.05, 0) is 30.3 Å². The van der Waals surface area contributed by atoms with Gasteiger partial charge < -0.3 is 15.7 Å². The highest BCUT2D eigenvalue weighted by Crippen LogP contribution is 2.27. The zero-order chi connectivity index (χ0) is 14.8. The molecule has 1 heterocycles. The number of hydrogen-bond donors (Lipinski definition) is 3. The van der Waals surface area contributed by atoms with Crippen LogP contribution in [0.2, 0.25) is 5.02 Å². The molecule has 2 aromatic rings. The summed E-state index contributed by atoms with van der Waals surface area (Å²) in [6.45, 7) is 0.447. The van der Waals surface area contributed by atoms with Crippen LogP contribution in [0.4, 0.5) is 11.4 Å². The lowest BCUT2D eigenvalue weighted by molar-refractivity contribution is 0.282. The number of rotatable bonds is 2. The Bertz CT molecular complexity index is 718. The Morgan fingerprint density at radius 2 is 2.14 bits per heavy atom. The average Bonchev–Trinajstić information content (AvgIpc) is 2.48. The molecular formula is C15H13BrClN3O. The van der Waals surface area contributed by atoms with Crippen molar-refractivity contribution in [3.8, 4) is 0 Å². The maximum atomic E-state index is 9.44. The lowest BCUT2D eigenvalue weighted by Crippen LogP contribution is -2.22. The molecule has 6 heteroatoms. The van der Waals surface area contributed by atoms with Gasteiger partial charge in [0.15, 0.2) is 0 Å². The summed E-state index contributed by atoms with van der Waals surface area (Å²) in [5.41, 5.74) is 3.52. The summed E-state index contributed by atoms with van der Waals surface area (Å²) in [5.74, 6) is 0.752. The number of hydrogen-bond acceptors (Lipinski definition) is 4. The molecule has 4 nitrogen and oxygen atoms in total. The molecule has 0 bridgehead atoms. The van der Waals surface area contributed by atoms with E-state index in [0.717, 1.165) is 32.8 Å². The summed E-state index contributed by atoms with van der Waals surface area (Å²) in [7, 11) is 0. The maximum Gasteiger partial charge on any atom is 0.136 e. The van der Waals surface area contributed by atoms with Crippen LogP contribution in [-0.4, -0.2) is 17.6 Å². The fourth-order valence-corrected chi connectivity index (χ4v) is 2.73. The van der Waals surface area contributed by atoms with Crippen molar-refractivity contribution in [2.45, 2.75) is 6.61 Å². The fraction of sp³-hybridized carbons (Fsp3) is 0.133. The van der Waals surface area contributed by atoms with Crippen LogP contribution in [0.25, 0.3) is 0 Å². The van der Waals surface area contributed by atoms with Gasteiger partial charge in [0.1, 0.15) is 12.5 Å². The normalized spacial score (nSPS) is 13.2. The van der Waals surface area contributed by atoms with Crippen LogP contribution in [0.3, 0.4) is 0 Å². The van der Waals surface area contributed by atoms with E-state index in [0.29, 0.717) is 11.7 Å². The number of aliphatic imine (C=N–C) groups is 1. The summed E-state index contributed by atoms with van der Waals surface area (Å²) in [5, 5.41) is 16.5. The first-order valence-corrected chi connectivity index (χ1v) is 7.59. The highest BCUT2D eigenvalue weighted by molar-refractivity contribution is 9.10. The molecule has 21 heavy (non-hydrogen) atoms. The first-order valence-electron chi connectivity index (χ1n) is 6.42. The number of amidine groups is 1. The Morgan fingerprint density at radius 1 is 1.29 bits per heavy atom. The average molecular weight is 367 g/mol. The van der Waals surface area contributed by atoms with Crippen molar-refractivity contribution in [2.24, 2.45) is 4.99 Å². The Morgan fingerprint density at radius 3 is 2.95 bits per heavy atom. The van der Waals surface area contributed by atoms with Gasteiger partial charge in [-0.25, -0.2) is 4.99 Å². The number of nitrogens with zero attached hydrogens (tertiary/aromatic N) is 1. The zero-order valence-electron chi connectivity index (χ0n) is 11.0. The third-order valence-corrected chi connectivity index (χ3v) is 3.97. The maximum absolute atomic E-state index is 9.44. The van der Waals surface area contributed by atoms with Crippen molar-refractivity contribution < 1.29 is 5.11 Å². The number of aliphatic hydroxyl groups is 1. The van der Waals surface area contributed by atoms with Crippen LogP contribution < -0.4 is 10.6 Å². The molecule has 0 fully saturated rings. The molecule has 0 saturated carbocycles. The highest BCUT2D eigenvalue weighted by Gasteiger charge is 2.15. The second-order valence-electron chi connectivity index (χ2n) is 4.62. The van der Waals surface area contributed by atoms with Crippen LogP contribution in [-0.2, 0) is 6.61 Å². The molecule has 3 rings (SSSR count). The molecule has 0 saturated heterocycles. The Hall–Kier alpha value is -1.56. The van der Waals surface area contributed by atoms with Gasteiger partial charge >= 0.3 is 0 Å². The van der Waals surface area contributed by atoms with Crippen molar-refractivity contribution in [3.63, 3.8) is 0 Å². The highest BCUT2D eigenvalue weighted by atomic mass is 79.9. The Labute approximate surface area is 136 Å². The number of anilines is 2.